The molecule has 1 aromatic heterocycles. The number of hydrogen-bond acceptors (Lipinski definition) is 4. The number of nitrogens with one attached hydrogen (secondary N) is 1. The average molecular weight is 450 g/mol. The number of hydrogen-bond donors (Lipinski definition) is 1. The molecular formula is C25H23NO3S2. The second-order valence-electron chi connectivity index (χ2n) is 7.53. The third-order valence-corrected chi connectivity index (χ3v) is 7.91. The highest BCUT2D eigenvalue weighted by Gasteiger charge is 2.15. The number of carbonyl (C=O) groups excluding carboxylic acids is 1. The molecule has 0 bridgehead atoms. The van der Waals surface area contributed by atoms with Crippen LogP contribution in [0.5, 0.6) is 0 Å². The quantitative estimate of drug-likeness (QED) is 0.424. The van der Waals surface area contributed by atoms with Gasteiger partial charge in [0.2, 0.25) is 0 Å². The lowest BCUT2D eigenvalue weighted by molar-refractivity contribution is 0.0954. The van der Waals surface area contributed by atoms with E-state index in [1.807, 2.05) is 19.1 Å². The largest absolute Gasteiger partial charge is 0.352 e. The van der Waals surface area contributed by atoms with Gasteiger partial charge in [0.05, 0.1) is 10.6 Å². The molecule has 6 heteroatoms. The number of sulfone groups is 1. The molecule has 1 N–H and O–H groups in total. The Kier molecular flexibility index (Phi) is 6.20. The first-order valence-corrected chi connectivity index (χ1v) is 12.6. The number of aryl methyl sites for hydroxylation is 1. The summed E-state index contributed by atoms with van der Waals surface area (Å²) >= 11 is 1.71. The zero-order valence-electron chi connectivity index (χ0n) is 17.2. The van der Waals surface area contributed by atoms with Gasteiger partial charge in [-0.15, -0.1) is 11.3 Å². The molecule has 1 amide bonds. The maximum Gasteiger partial charge on any atom is 0.251 e. The number of benzene rings is 3. The molecule has 0 aliphatic carbocycles. The van der Waals surface area contributed by atoms with Crippen LogP contribution in [0.1, 0.15) is 27.0 Å². The fourth-order valence-electron chi connectivity index (χ4n) is 3.44. The van der Waals surface area contributed by atoms with Gasteiger partial charge >= 0.3 is 0 Å². The van der Waals surface area contributed by atoms with Crippen LogP contribution in [0.3, 0.4) is 0 Å². The maximum atomic E-state index is 12.6. The zero-order chi connectivity index (χ0) is 21.8. The minimum atomic E-state index is -3.42. The molecule has 4 aromatic rings. The predicted octanol–water partition coefficient (Wildman–Crippen LogP) is 5.16. The number of thiophene rings is 1. The molecule has 0 unspecified atom stereocenters. The third-order valence-electron chi connectivity index (χ3n) is 5.19. The minimum absolute atomic E-state index is 0.0941. The molecule has 158 valence electrons. The summed E-state index contributed by atoms with van der Waals surface area (Å²) in [6, 6.07) is 21.8. The second-order valence-corrected chi connectivity index (χ2v) is 10.4. The maximum absolute atomic E-state index is 12.6. The van der Waals surface area contributed by atoms with Crippen molar-refractivity contribution in [2.45, 2.75) is 24.0 Å². The molecular weight excluding hydrogens is 426 g/mol. The lowest BCUT2D eigenvalue weighted by Gasteiger charge is -2.08. The van der Waals surface area contributed by atoms with Crippen LogP contribution in [0.2, 0.25) is 0 Å². The van der Waals surface area contributed by atoms with Crippen LogP contribution in [0.4, 0.5) is 0 Å². The van der Waals surface area contributed by atoms with Crippen LogP contribution in [-0.4, -0.2) is 20.9 Å². The normalized spacial score (nSPS) is 11.5. The monoisotopic (exact) mass is 449 g/mol. The molecule has 0 fully saturated rings. The Morgan fingerprint density at radius 1 is 0.935 bits per heavy atom. The van der Waals surface area contributed by atoms with Gasteiger partial charge in [-0.05, 0) is 65.6 Å². The molecule has 0 aliphatic heterocycles. The van der Waals surface area contributed by atoms with Crippen LogP contribution in [0, 0.1) is 6.92 Å². The Hall–Kier alpha value is -2.96. The van der Waals surface area contributed by atoms with Crippen molar-refractivity contribution < 1.29 is 13.2 Å². The summed E-state index contributed by atoms with van der Waals surface area (Å²) in [4.78, 5) is 12.8. The zero-order valence-corrected chi connectivity index (χ0v) is 18.8. The van der Waals surface area contributed by atoms with Gasteiger partial charge in [0.1, 0.15) is 0 Å². The molecule has 31 heavy (non-hydrogen) atoms. The molecule has 4 nitrogen and oxygen atoms in total. The molecule has 3 aromatic carbocycles. The van der Waals surface area contributed by atoms with E-state index in [-0.39, 0.29) is 11.7 Å². The Labute approximate surface area is 186 Å². The van der Waals surface area contributed by atoms with Gasteiger partial charge < -0.3 is 5.32 Å². The van der Waals surface area contributed by atoms with Crippen molar-refractivity contribution in [1.82, 2.24) is 5.32 Å². The Morgan fingerprint density at radius 3 is 2.39 bits per heavy atom. The van der Waals surface area contributed by atoms with E-state index in [0.717, 1.165) is 12.0 Å². The predicted molar refractivity (Wildman–Crippen MR) is 126 cm³/mol. The van der Waals surface area contributed by atoms with Gasteiger partial charge in [-0.1, -0.05) is 48.0 Å². The first kappa shape index (κ1) is 21.3. The van der Waals surface area contributed by atoms with Crippen LogP contribution in [0.15, 0.2) is 83.1 Å². The second kappa shape index (κ2) is 9.04. The van der Waals surface area contributed by atoms with Crippen LogP contribution < -0.4 is 5.32 Å². The highest BCUT2D eigenvalue weighted by molar-refractivity contribution is 7.90. The Balaban J connectivity index is 1.35. The van der Waals surface area contributed by atoms with Crippen molar-refractivity contribution in [2.24, 2.45) is 0 Å². The summed E-state index contributed by atoms with van der Waals surface area (Å²) in [6.07, 6.45) is 0.766. The van der Waals surface area contributed by atoms with Gasteiger partial charge in [-0.25, -0.2) is 8.42 Å². The van der Waals surface area contributed by atoms with Crippen molar-refractivity contribution in [2.75, 3.05) is 6.54 Å². The summed E-state index contributed by atoms with van der Waals surface area (Å²) in [5.74, 6) is -0.254. The minimum Gasteiger partial charge on any atom is -0.352 e. The van der Waals surface area contributed by atoms with E-state index in [2.05, 4.69) is 22.8 Å². The molecule has 1 heterocycles. The first-order valence-electron chi connectivity index (χ1n) is 10.0. The van der Waals surface area contributed by atoms with E-state index in [9.17, 15) is 13.2 Å². The van der Waals surface area contributed by atoms with E-state index in [4.69, 9.17) is 0 Å². The summed E-state index contributed by atoms with van der Waals surface area (Å²) in [6.45, 7) is 2.46. The van der Waals surface area contributed by atoms with Crippen molar-refractivity contribution in [3.63, 3.8) is 0 Å². The van der Waals surface area contributed by atoms with Gasteiger partial charge in [0.15, 0.2) is 9.84 Å². The Morgan fingerprint density at radius 2 is 1.65 bits per heavy atom. The van der Waals surface area contributed by atoms with Crippen LogP contribution in [-0.2, 0) is 22.0 Å². The average Bonchev–Trinajstić information content (AvgIpc) is 3.17. The Bertz CT molecular complexity index is 1310. The van der Waals surface area contributed by atoms with Crippen molar-refractivity contribution in [3.8, 4) is 0 Å². The van der Waals surface area contributed by atoms with Gasteiger partial charge in [-0.2, -0.15) is 0 Å². The lowest BCUT2D eigenvalue weighted by atomic mass is 10.1. The van der Waals surface area contributed by atoms with Crippen molar-refractivity contribution in [1.29, 1.82) is 0 Å². The van der Waals surface area contributed by atoms with Gasteiger partial charge in [0.25, 0.3) is 5.91 Å². The highest BCUT2D eigenvalue weighted by Crippen LogP contribution is 2.25. The third kappa shape index (κ3) is 5.03. The fourth-order valence-corrected chi connectivity index (χ4v) is 5.79. The topological polar surface area (TPSA) is 63.2 Å². The number of fused-ring (bicyclic) bond motifs is 1. The lowest BCUT2D eigenvalue weighted by Crippen LogP contribution is -2.25. The molecule has 0 saturated heterocycles. The van der Waals surface area contributed by atoms with E-state index in [0.29, 0.717) is 22.6 Å². The van der Waals surface area contributed by atoms with Gasteiger partial charge in [-0.3, -0.25) is 4.79 Å². The van der Waals surface area contributed by atoms with E-state index < -0.39 is 9.84 Å². The highest BCUT2D eigenvalue weighted by atomic mass is 32.2. The van der Waals surface area contributed by atoms with Crippen molar-refractivity contribution >= 4 is 37.2 Å². The summed E-state index contributed by atoms with van der Waals surface area (Å²) < 4.78 is 26.5. The molecule has 0 saturated carbocycles. The molecule has 0 radical (unpaired) electrons. The van der Waals surface area contributed by atoms with Crippen LogP contribution >= 0.6 is 11.3 Å². The molecule has 4 rings (SSSR count). The van der Waals surface area contributed by atoms with Crippen LogP contribution in [0.25, 0.3) is 10.1 Å². The van der Waals surface area contributed by atoms with Gasteiger partial charge in [0, 0.05) is 16.8 Å². The van der Waals surface area contributed by atoms with E-state index in [1.165, 1.54) is 15.6 Å². The molecule has 0 aliphatic rings. The molecule has 0 spiro atoms. The standard InChI is InChI=1S/C25H23NO3S2/c1-18-6-12-22(13-7-18)31(28,29)17-19-8-10-20(11-9-19)25(27)26-15-14-21-16-30-24-5-3-2-4-23(21)24/h2-13,16H,14-15,17H2,1H3,(H,26,27). The summed E-state index contributed by atoms with van der Waals surface area (Å²) in [5, 5.41) is 6.32. The molecule has 0 atom stereocenters. The number of amides is 1. The van der Waals surface area contributed by atoms with E-state index >= 15 is 0 Å². The van der Waals surface area contributed by atoms with Crippen molar-refractivity contribution in [3.05, 3.63) is 100 Å². The summed E-state index contributed by atoms with van der Waals surface area (Å²) in [5.41, 5.74) is 3.42. The van der Waals surface area contributed by atoms with E-state index in [1.54, 1.807) is 59.9 Å². The number of carbonyl (C=O) groups is 1. The fraction of sp³-hybridized carbons (Fsp3) is 0.160. The number of rotatable bonds is 7. The first-order chi connectivity index (χ1) is 14.9. The summed E-state index contributed by atoms with van der Waals surface area (Å²) in [7, 11) is -3.42. The smallest absolute Gasteiger partial charge is 0.251 e. The SMILES string of the molecule is Cc1ccc(S(=O)(=O)Cc2ccc(C(=O)NCCc3csc4ccccc34)cc2)cc1.